The minimum Gasteiger partial charge on any atom is -0.399 e. The van der Waals surface area contributed by atoms with E-state index < -0.39 is 0 Å². The number of nitrogens with zero attached hydrogens (tertiary/aromatic N) is 1. The van der Waals surface area contributed by atoms with E-state index in [1.54, 1.807) is 48.5 Å². The number of amides is 2. The first-order valence-electron chi connectivity index (χ1n) is 9.42. The second-order valence-corrected chi connectivity index (χ2v) is 6.77. The monoisotopic (exact) mass is 383 g/mol. The maximum absolute atomic E-state index is 12.0. The number of anilines is 2. The fourth-order valence-corrected chi connectivity index (χ4v) is 2.69. The van der Waals surface area contributed by atoms with Crippen LogP contribution in [0.15, 0.2) is 48.5 Å². The largest absolute Gasteiger partial charge is 0.399 e. The molecule has 2 amide bonds. The van der Waals surface area contributed by atoms with E-state index in [1.165, 1.54) is 0 Å². The van der Waals surface area contributed by atoms with E-state index in [-0.39, 0.29) is 11.8 Å². The third-order valence-electron chi connectivity index (χ3n) is 4.35. The highest BCUT2D eigenvalue weighted by Gasteiger charge is 2.06. The first kappa shape index (κ1) is 21.2. The van der Waals surface area contributed by atoms with Crippen molar-refractivity contribution in [2.45, 2.75) is 12.8 Å². The van der Waals surface area contributed by atoms with Gasteiger partial charge >= 0.3 is 0 Å². The van der Waals surface area contributed by atoms with Crippen molar-refractivity contribution in [1.29, 1.82) is 0 Å². The summed E-state index contributed by atoms with van der Waals surface area (Å²) in [4.78, 5) is 26.2. The molecule has 0 spiro atoms. The van der Waals surface area contributed by atoms with Crippen LogP contribution < -0.4 is 22.1 Å². The number of benzene rings is 2. The molecule has 0 aliphatic rings. The SMILES string of the molecule is CN(CCCNC(=O)c1ccc(N)cc1)CCCNC(=O)c1ccc(N)cc1. The van der Waals surface area contributed by atoms with Gasteiger partial charge in [-0.05, 0) is 81.5 Å². The Labute approximate surface area is 166 Å². The molecule has 7 nitrogen and oxygen atoms in total. The quantitative estimate of drug-likeness (QED) is 0.369. The number of hydrogen-bond donors (Lipinski definition) is 4. The van der Waals surface area contributed by atoms with Gasteiger partial charge in [-0.3, -0.25) is 9.59 Å². The molecule has 0 radical (unpaired) electrons. The highest BCUT2D eigenvalue weighted by atomic mass is 16.2. The fourth-order valence-electron chi connectivity index (χ4n) is 2.69. The van der Waals surface area contributed by atoms with E-state index in [1.807, 2.05) is 7.05 Å². The molecule has 0 fully saturated rings. The molecule has 0 aliphatic heterocycles. The lowest BCUT2D eigenvalue weighted by Gasteiger charge is -2.16. The summed E-state index contributed by atoms with van der Waals surface area (Å²) in [5.41, 5.74) is 13.7. The third kappa shape index (κ3) is 7.28. The molecule has 7 heteroatoms. The van der Waals surface area contributed by atoms with E-state index in [4.69, 9.17) is 11.5 Å². The molecule has 0 aromatic heterocycles. The average molecular weight is 383 g/mol. The second kappa shape index (κ2) is 10.9. The highest BCUT2D eigenvalue weighted by Crippen LogP contribution is 2.06. The minimum atomic E-state index is -0.0898. The zero-order valence-corrected chi connectivity index (χ0v) is 16.3. The summed E-state index contributed by atoms with van der Waals surface area (Å²) in [6, 6.07) is 13.7. The number of nitrogen functional groups attached to an aromatic ring is 2. The van der Waals surface area contributed by atoms with Gasteiger partial charge in [0.05, 0.1) is 0 Å². The molecule has 28 heavy (non-hydrogen) atoms. The van der Waals surface area contributed by atoms with E-state index in [0.29, 0.717) is 35.6 Å². The molecule has 0 saturated carbocycles. The summed E-state index contributed by atoms with van der Waals surface area (Å²) in [6.07, 6.45) is 1.71. The van der Waals surface area contributed by atoms with Crippen molar-refractivity contribution in [1.82, 2.24) is 15.5 Å². The maximum Gasteiger partial charge on any atom is 0.251 e. The number of nitrogens with two attached hydrogens (primary N) is 2. The number of nitrogens with one attached hydrogen (secondary N) is 2. The number of hydrogen-bond acceptors (Lipinski definition) is 5. The summed E-state index contributed by atoms with van der Waals surface area (Å²) in [5.74, 6) is -0.180. The van der Waals surface area contributed by atoms with Gasteiger partial charge in [-0.1, -0.05) is 0 Å². The summed E-state index contributed by atoms with van der Waals surface area (Å²) in [5, 5.41) is 5.81. The van der Waals surface area contributed by atoms with E-state index in [2.05, 4.69) is 15.5 Å². The van der Waals surface area contributed by atoms with Crippen molar-refractivity contribution >= 4 is 23.2 Å². The molecule has 0 aliphatic carbocycles. The summed E-state index contributed by atoms with van der Waals surface area (Å²) in [6.45, 7) is 2.96. The standard InChI is InChI=1S/C21H29N5O2/c1-26(14-2-12-24-20(27)16-4-8-18(22)9-5-16)15-3-13-25-21(28)17-6-10-19(23)11-7-17/h4-11H,2-3,12-15,22-23H2,1H3,(H,24,27)(H,25,28). The number of carbonyl (C=O) groups excluding carboxylic acids is 2. The Kier molecular flexibility index (Phi) is 8.30. The summed E-state index contributed by atoms with van der Waals surface area (Å²) >= 11 is 0. The molecule has 2 aromatic carbocycles. The van der Waals surface area contributed by atoms with E-state index in [9.17, 15) is 9.59 Å². The van der Waals surface area contributed by atoms with Crippen LogP contribution in [-0.2, 0) is 0 Å². The van der Waals surface area contributed by atoms with Crippen LogP contribution in [0.25, 0.3) is 0 Å². The van der Waals surface area contributed by atoms with Gasteiger partial charge in [-0.15, -0.1) is 0 Å². The van der Waals surface area contributed by atoms with Gasteiger partial charge in [0.1, 0.15) is 0 Å². The first-order chi connectivity index (χ1) is 13.5. The topological polar surface area (TPSA) is 113 Å². The lowest BCUT2D eigenvalue weighted by molar-refractivity contribution is 0.0945. The molecule has 0 bridgehead atoms. The van der Waals surface area contributed by atoms with Crippen molar-refractivity contribution in [2.24, 2.45) is 0 Å². The van der Waals surface area contributed by atoms with E-state index >= 15 is 0 Å². The average Bonchev–Trinajstić information content (AvgIpc) is 2.69. The van der Waals surface area contributed by atoms with Gasteiger partial charge in [0.15, 0.2) is 0 Å². The van der Waals surface area contributed by atoms with Crippen molar-refractivity contribution in [3.63, 3.8) is 0 Å². The second-order valence-electron chi connectivity index (χ2n) is 6.77. The van der Waals surface area contributed by atoms with Gasteiger partial charge in [0, 0.05) is 35.6 Å². The predicted molar refractivity (Wildman–Crippen MR) is 113 cm³/mol. The first-order valence-corrected chi connectivity index (χ1v) is 9.42. The molecular weight excluding hydrogens is 354 g/mol. The molecule has 0 heterocycles. The normalized spacial score (nSPS) is 10.6. The molecule has 2 rings (SSSR count). The smallest absolute Gasteiger partial charge is 0.251 e. The van der Waals surface area contributed by atoms with Gasteiger partial charge in [0.25, 0.3) is 11.8 Å². The van der Waals surface area contributed by atoms with Crippen LogP contribution in [0.2, 0.25) is 0 Å². The summed E-state index contributed by atoms with van der Waals surface area (Å²) < 4.78 is 0. The van der Waals surface area contributed by atoms with Crippen LogP contribution >= 0.6 is 0 Å². The molecular formula is C21H29N5O2. The molecule has 150 valence electrons. The lowest BCUT2D eigenvalue weighted by atomic mass is 10.2. The van der Waals surface area contributed by atoms with Crippen LogP contribution in [-0.4, -0.2) is 49.9 Å². The maximum atomic E-state index is 12.0. The van der Waals surface area contributed by atoms with Gasteiger partial charge in [-0.25, -0.2) is 0 Å². The minimum absolute atomic E-state index is 0.0898. The van der Waals surface area contributed by atoms with Crippen molar-refractivity contribution in [3.05, 3.63) is 59.7 Å². The molecule has 0 unspecified atom stereocenters. The van der Waals surface area contributed by atoms with Crippen molar-refractivity contribution in [3.8, 4) is 0 Å². The van der Waals surface area contributed by atoms with Crippen molar-refractivity contribution in [2.75, 3.05) is 44.7 Å². The number of rotatable bonds is 10. The Morgan fingerprint density at radius 3 is 1.46 bits per heavy atom. The number of carbonyl (C=O) groups is 2. The fraction of sp³-hybridized carbons (Fsp3) is 0.333. The van der Waals surface area contributed by atoms with Gasteiger partial charge in [-0.2, -0.15) is 0 Å². The van der Waals surface area contributed by atoms with Crippen LogP contribution in [0.3, 0.4) is 0 Å². The van der Waals surface area contributed by atoms with Gasteiger partial charge < -0.3 is 27.0 Å². The Morgan fingerprint density at radius 1 is 0.750 bits per heavy atom. The Balaban J connectivity index is 1.54. The Hall–Kier alpha value is -3.06. The van der Waals surface area contributed by atoms with Crippen LogP contribution in [0, 0.1) is 0 Å². The van der Waals surface area contributed by atoms with Gasteiger partial charge in [0.2, 0.25) is 0 Å². The third-order valence-corrected chi connectivity index (χ3v) is 4.35. The zero-order valence-electron chi connectivity index (χ0n) is 16.3. The van der Waals surface area contributed by atoms with E-state index in [0.717, 1.165) is 25.9 Å². The molecule has 0 atom stereocenters. The van der Waals surface area contributed by atoms with Crippen LogP contribution in [0.1, 0.15) is 33.6 Å². The summed E-state index contributed by atoms with van der Waals surface area (Å²) in [7, 11) is 2.03. The lowest BCUT2D eigenvalue weighted by Crippen LogP contribution is -2.30. The predicted octanol–water partition coefficient (Wildman–Crippen LogP) is 1.72. The molecule has 6 N–H and O–H groups in total. The van der Waals surface area contributed by atoms with Crippen LogP contribution in [0.5, 0.6) is 0 Å². The molecule has 2 aromatic rings. The highest BCUT2D eigenvalue weighted by molar-refractivity contribution is 5.94. The molecule has 0 saturated heterocycles. The van der Waals surface area contributed by atoms with Crippen molar-refractivity contribution < 1.29 is 9.59 Å². The van der Waals surface area contributed by atoms with Crippen LogP contribution in [0.4, 0.5) is 11.4 Å². The zero-order chi connectivity index (χ0) is 20.4. The Morgan fingerprint density at radius 2 is 1.11 bits per heavy atom. The Bertz CT molecular complexity index is 694.